The molecule has 0 fully saturated rings. The molecule has 0 heterocycles. The first kappa shape index (κ1) is 19.7. The Balaban J connectivity index is 2.59. The predicted octanol–water partition coefficient (Wildman–Crippen LogP) is 1.79. The molecule has 3 N–H and O–H groups in total. The Bertz CT molecular complexity index is 565. The van der Waals surface area contributed by atoms with Gasteiger partial charge in [0, 0.05) is 25.7 Å². The van der Waals surface area contributed by atoms with E-state index in [4.69, 9.17) is 0 Å². The minimum absolute atomic E-state index is 0.0773. The minimum atomic E-state index is -2.88. The molecule has 1 amide bonds. The molecule has 0 atom stereocenters. The second kappa shape index (κ2) is 10.4. The first-order chi connectivity index (χ1) is 11.5. The average molecular weight is 342 g/mol. The summed E-state index contributed by atoms with van der Waals surface area (Å²) in [5.74, 6) is 0.363. The molecular weight excluding hydrogens is 318 g/mol. The lowest BCUT2D eigenvalue weighted by Crippen LogP contribution is -2.43. The van der Waals surface area contributed by atoms with Crippen LogP contribution >= 0.6 is 0 Å². The summed E-state index contributed by atoms with van der Waals surface area (Å²) >= 11 is 0. The van der Waals surface area contributed by atoms with E-state index in [-0.39, 0.29) is 24.7 Å². The number of hydrogen-bond donors (Lipinski definition) is 3. The van der Waals surface area contributed by atoms with Gasteiger partial charge in [0.15, 0.2) is 5.96 Å². The first-order valence-corrected chi connectivity index (χ1v) is 7.71. The molecule has 0 aliphatic heterocycles. The lowest BCUT2D eigenvalue weighted by Gasteiger charge is -2.15. The molecule has 134 valence electrons. The fourth-order valence-corrected chi connectivity index (χ4v) is 1.95. The zero-order valence-electron chi connectivity index (χ0n) is 14.2. The van der Waals surface area contributed by atoms with E-state index in [9.17, 15) is 13.6 Å². The third-order valence-electron chi connectivity index (χ3n) is 3.09. The number of ether oxygens (including phenoxy) is 1. The van der Waals surface area contributed by atoms with Gasteiger partial charge in [0.1, 0.15) is 5.75 Å². The number of carbonyl (C=O) groups excluding carboxylic acids is 1. The minimum Gasteiger partial charge on any atom is -0.434 e. The highest BCUT2D eigenvalue weighted by molar-refractivity contribution is 5.86. The highest BCUT2D eigenvalue weighted by atomic mass is 19.3. The van der Waals surface area contributed by atoms with Gasteiger partial charge in [-0.3, -0.25) is 9.79 Å². The van der Waals surface area contributed by atoms with Crippen LogP contribution in [0.5, 0.6) is 5.75 Å². The number of halogens is 2. The van der Waals surface area contributed by atoms with Gasteiger partial charge < -0.3 is 20.7 Å². The van der Waals surface area contributed by atoms with Crippen LogP contribution in [0.15, 0.2) is 23.2 Å². The molecule has 24 heavy (non-hydrogen) atoms. The predicted molar refractivity (Wildman–Crippen MR) is 89.3 cm³/mol. The van der Waals surface area contributed by atoms with E-state index >= 15 is 0 Å². The number of alkyl halides is 2. The molecule has 0 bridgehead atoms. The summed E-state index contributed by atoms with van der Waals surface area (Å²) in [5.41, 5.74) is 1.50. The van der Waals surface area contributed by atoms with Gasteiger partial charge in [0.2, 0.25) is 5.91 Å². The fourth-order valence-electron chi connectivity index (χ4n) is 1.95. The van der Waals surface area contributed by atoms with Crippen molar-refractivity contribution in [2.24, 2.45) is 4.99 Å². The first-order valence-electron chi connectivity index (χ1n) is 7.71. The van der Waals surface area contributed by atoms with Crippen molar-refractivity contribution in [2.45, 2.75) is 33.4 Å². The molecule has 0 radical (unpaired) electrons. The zero-order valence-corrected chi connectivity index (χ0v) is 14.2. The summed E-state index contributed by atoms with van der Waals surface area (Å²) < 4.78 is 29.4. The molecular formula is C16H24F2N4O2. The number of rotatable bonds is 8. The normalized spacial score (nSPS) is 11.3. The van der Waals surface area contributed by atoms with Crippen LogP contribution in [0.4, 0.5) is 8.78 Å². The number of nitrogens with one attached hydrogen (secondary N) is 3. The molecule has 0 aliphatic carbocycles. The summed E-state index contributed by atoms with van der Waals surface area (Å²) in [6, 6.07) is 4.96. The van der Waals surface area contributed by atoms with Crippen LogP contribution in [-0.2, 0) is 11.3 Å². The molecule has 0 unspecified atom stereocenters. The van der Waals surface area contributed by atoms with Gasteiger partial charge in [-0.25, -0.2) is 0 Å². The largest absolute Gasteiger partial charge is 0.434 e. The molecule has 0 spiro atoms. The van der Waals surface area contributed by atoms with E-state index in [0.717, 1.165) is 12.0 Å². The smallest absolute Gasteiger partial charge is 0.387 e. The van der Waals surface area contributed by atoms with Crippen LogP contribution in [0.2, 0.25) is 0 Å². The molecule has 1 aromatic rings. The van der Waals surface area contributed by atoms with Crippen LogP contribution < -0.4 is 20.7 Å². The molecule has 0 aromatic heterocycles. The molecule has 1 rings (SSSR count). The number of aliphatic imine (C=N–C) groups is 1. The van der Waals surface area contributed by atoms with Crippen LogP contribution in [0.1, 0.15) is 24.5 Å². The second-order valence-electron chi connectivity index (χ2n) is 5.12. The standard InChI is InChI=1S/C16H24F2N4O2/c1-4-7-20-14(23)10-22-16(19-3)21-9-12-8-11(2)5-6-13(12)24-15(17)18/h5-6,8,15H,4,7,9-10H2,1-3H3,(H,20,23)(H2,19,21,22). The van der Waals surface area contributed by atoms with Crippen molar-refractivity contribution >= 4 is 11.9 Å². The van der Waals surface area contributed by atoms with Gasteiger partial charge in [-0.1, -0.05) is 24.6 Å². The Morgan fingerprint density at radius 2 is 2.04 bits per heavy atom. The lowest BCUT2D eigenvalue weighted by atomic mass is 10.1. The summed E-state index contributed by atoms with van der Waals surface area (Å²) in [6.45, 7) is 1.87. The van der Waals surface area contributed by atoms with Crippen LogP contribution in [0, 0.1) is 6.92 Å². The van der Waals surface area contributed by atoms with Gasteiger partial charge in [-0.15, -0.1) is 0 Å². The summed E-state index contributed by atoms with van der Waals surface area (Å²) in [5, 5.41) is 8.57. The van der Waals surface area contributed by atoms with Crippen LogP contribution in [-0.4, -0.2) is 38.6 Å². The van der Waals surface area contributed by atoms with E-state index in [0.29, 0.717) is 18.1 Å². The molecule has 8 heteroatoms. The van der Waals surface area contributed by atoms with Gasteiger partial charge in [-0.2, -0.15) is 8.78 Å². The molecule has 6 nitrogen and oxygen atoms in total. The Morgan fingerprint density at radius 3 is 2.67 bits per heavy atom. The SMILES string of the molecule is CCCNC(=O)CNC(=NC)NCc1cc(C)ccc1OC(F)F. The molecule has 0 aliphatic rings. The average Bonchev–Trinajstić information content (AvgIpc) is 2.54. The maximum absolute atomic E-state index is 12.5. The second-order valence-corrected chi connectivity index (χ2v) is 5.12. The number of guanidine groups is 1. The zero-order chi connectivity index (χ0) is 17.9. The Morgan fingerprint density at radius 1 is 1.29 bits per heavy atom. The maximum Gasteiger partial charge on any atom is 0.387 e. The monoisotopic (exact) mass is 342 g/mol. The number of hydrogen-bond acceptors (Lipinski definition) is 3. The highest BCUT2D eigenvalue weighted by Crippen LogP contribution is 2.21. The number of benzene rings is 1. The van der Waals surface area contributed by atoms with Crippen LogP contribution in [0.3, 0.4) is 0 Å². The van der Waals surface area contributed by atoms with Crippen molar-refractivity contribution in [2.75, 3.05) is 20.1 Å². The molecule has 1 aromatic carbocycles. The quantitative estimate of drug-likeness (QED) is 0.497. The van der Waals surface area contributed by atoms with Crippen molar-refractivity contribution in [3.63, 3.8) is 0 Å². The van der Waals surface area contributed by atoms with Crippen molar-refractivity contribution in [1.82, 2.24) is 16.0 Å². The number of carbonyl (C=O) groups is 1. The number of aryl methyl sites for hydroxylation is 1. The molecule has 0 saturated carbocycles. The third kappa shape index (κ3) is 7.26. The van der Waals surface area contributed by atoms with Gasteiger partial charge >= 0.3 is 6.61 Å². The van der Waals surface area contributed by atoms with Crippen molar-refractivity contribution < 1.29 is 18.3 Å². The van der Waals surface area contributed by atoms with Gasteiger partial charge in [-0.05, 0) is 19.4 Å². The molecule has 0 saturated heterocycles. The summed E-state index contributed by atoms with van der Waals surface area (Å²) in [4.78, 5) is 15.6. The summed E-state index contributed by atoms with van der Waals surface area (Å²) in [7, 11) is 1.56. The third-order valence-corrected chi connectivity index (χ3v) is 3.09. The van der Waals surface area contributed by atoms with E-state index in [1.807, 2.05) is 13.8 Å². The van der Waals surface area contributed by atoms with E-state index in [2.05, 4.69) is 25.7 Å². The van der Waals surface area contributed by atoms with Crippen LogP contribution in [0.25, 0.3) is 0 Å². The Labute approximate surface area is 140 Å². The Hall–Kier alpha value is -2.38. The van der Waals surface area contributed by atoms with E-state index < -0.39 is 6.61 Å². The maximum atomic E-state index is 12.5. The number of amides is 1. The number of nitrogens with zero attached hydrogens (tertiary/aromatic N) is 1. The van der Waals surface area contributed by atoms with Crippen molar-refractivity contribution in [1.29, 1.82) is 0 Å². The van der Waals surface area contributed by atoms with Gasteiger partial charge in [0.05, 0.1) is 6.54 Å². The fraction of sp³-hybridized carbons (Fsp3) is 0.500. The topological polar surface area (TPSA) is 74.8 Å². The van der Waals surface area contributed by atoms with E-state index in [1.54, 1.807) is 19.2 Å². The van der Waals surface area contributed by atoms with Gasteiger partial charge in [0.25, 0.3) is 0 Å². The van der Waals surface area contributed by atoms with Crippen molar-refractivity contribution in [3.8, 4) is 5.75 Å². The summed E-state index contributed by atoms with van der Waals surface area (Å²) in [6.07, 6.45) is 0.860. The highest BCUT2D eigenvalue weighted by Gasteiger charge is 2.11. The van der Waals surface area contributed by atoms with Crippen molar-refractivity contribution in [3.05, 3.63) is 29.3 Å². The Kier molecular flexibility index (Phi) is 8.53. The lowest BCUT2D eigenvalue weighted by molar-refractivity contribution is -0.120. The van der Waals surface area contributed by atoms with E-state index in [1.165, 1.54) is 6.07 Å².